The van der Waals surface area contributed by atoms with Crippen LogP contribution in [-0.2, 0) is 0 Å². The van der Waals surface area contributed by atoms with Gasteiger partial charge in [0.15, 0.2) is 0 Å². The third-order valence-electron chi connectivity index (χ3n) is 3.88. The third kappa shape index (κ3) is 3.22. The summed E-state index contributed by atoms with van der Waals surface area (Å²) in [6.45, 7) is 4.13. The van der Waals surface area contributed by atoms with Crippen LogP contribution < -0.4 is 16.4 Å². The number of aryl methyl sites for hydroxylation is 2. The second-order valence-corrected chi connectivity index (χ2v) is 5.99. The van der Waals surface area contributed by atoms with E-state index in [0.29, 0.717) is 17.3 Å². The predicted octanol–water partition coefficient (Wildman–Crippen LogP) is 3.52. The number of benzene rings is 2. The molecule has 2 aromatic carbocycles. The van der Waals surface area contributed by atoms with Crippen LogP contribution in [0.2, 0.25) is 0 Å². The van der Waals surface area contributed by atoms with Gasteiger partial charge in [-0.2, -0.15) is 0 Å². The Morgan fingerprint density at radius 3 is 2.45 bits per heavy atom. The third-order valence-corrected chi connectivity index (χ3v) is 3.88. The second-order valence-electron chi connectivity index (χ2n) is 5.99. The van der Waals surface area contributed by atoms with Crippen molar-refractivity contribution in [1.82, 2.24) is 5.32 Å². The summed E-state index contributed by atoms with van der Waals surface area (Å²) in [5.74, 6) is -0.0488. The molecule has 22 heavy (non-hydrogen) atoms. The van der Waals surface area contributed by atoms with Crippen molar-refractivity contribution in [1.29, 1.82) is 0 Å². The number of hydrogen-bond acceptors (Lipinski definition) is 3. The first kappa shape index (κ1) is 14.4. The van der Waals surface area contributed by atoms with Crippen molar-refractivity contribution in [3.8, 4) is 0 Å². The van der Waals surface area contributed by atoms with Crippen LogP contribution in [-0.4, -0.2) is 11.9 Å². The Kier molecular flexibility index (Phi) is 3.75. The van der Waals surface area contributed by atoms with E-state index >= 15 is 0 Å². The fourth-order valence-electron chi connectivity index (χ4n) is 2.41. The molecule has 1 aliphatic rings. The SMILES string of the molecule is Cc1ccc(Nc2ccc(C(=O)NC3CC3)cc2N)c(C)c1. The zero-order valence-electron chi connectivity index (χ0n) is 12.9. The molecule has 0 aromatic heterocycles. The van der Waals surface area contributed by atoms with Crippen molar-refractivity contribution in [2.24, 2.45) is 0 Å². The lowest BCUT2D eigenvalue weighted by atomic mass is 10.1. The van der Waals surface area contributed by atoms with Crippen molar-refractivity contribution >= 4 is 23.0 Å². The molecule has 3 rings (SSSR count). The lowest BCUT2D eigenvalue weighted by Crippen LogP contribution is -2.25. The van der Waals surface area contributed by atoms with E-state index in [9.17, 15) is 4.79 Å². The maximum atomic E-state index is 12.0. The summed E-state index contributed by atoms with van der Waals surface area (Å²) >= 11 is 0. The smallest absolute Gasteiger partial charge is 0.251 e. The highest BCUT2D eigenvalue weighted by Gasteiger charge is 2.23. The van der Waals surface area contributed by atoms with E-state index in [2.05, 4.69) is 36.6 Å². The standard InChI is InChI=1S/C18H21N3O/c1-11-3-7-16(12(2)9-11)21-17-8-4-13(10-15(17)19)18(22)20-14-5-6-14/h3-4,7-10,14,21H,5-6,19H2,1-2H3,(H,20,22). The van der Waals surface area contributed by atoms with Gasteiger partial charge in [-0.05, 0) is 56.5 Å². The molecule has 1 fully saturated rings. The molecule has 0 saturated heterocycles. The number of rotatable bonds is 4. The maximum Gasteiger partial charge on any atom is 0.251 e. The summed E-state index contributed by atoms with van der Waals surface area (Å²) < 4.78 is 0. The molecule has 0 aliphatic heterocycles. The van der Waals surface area contributed by atoms with Gasteiger partial charge in [-0.1, -0.05) is 17.7 Å². The quantitative estimate of drug-likeness (QED) is 0.756. The van der Waals surface area contributed by atoms with Gasteiger partial charge in [0.2, 0.25) is 0 Å². The van der Waals surface area contributed by atoms with E-state index in [4.69, 9.17) is 5.73 Å². The van der Waals surface area contributed by atoms with Gasteiger partial charge in [-0.25, -0.2) is 0 Å². The van der Waals surface area contributed by atoms with Crippen LogP contribution in [0.15, 0.2) is 36.4 Å². The molecule has 0 radical (unpaired) electrons. The van der Waals surface area contributed by atoms with Crippen LogP contribution in [0.25, 0.3) is 0 Å². The molecule has 1 saturated carbocycles. The van der Waals surface area contributed by atoms with Gasteiger partial charge in [0, 0.05) is 17.3 Å². The van der Waals surface area contributed by atoms with Gasteiger partial charge >= 0.3 is 0 Å². The van der Waals surface area contributed by atoms with Crippen LogP contribution in [0.1, 0.15) is 34.3 Å². The number of nitrogens with two attached hydrogens (primary N) is 1. The van der Waals surface area contributed by atoms with Gasteiger partial charge in [0.25, 0.3) is 5.91 Å². The molecule has 2 aromatic rings. The van der Waals surface area contributed by atoms with Gasteiger partial charge in [0.05, 0.1) is 11.4 Å². The van der Waals surface area contributed by atoms with E-state index in [0.717, 1.165) is 29.8 Å². The first-order valence-electron chi connectivity index (χ1n) is 7.57. The zero-order chi connectivity index (χ0) is 15.7. The minimum absolute atomic E-state index is 0.0488. The molecule has 0 unspecified atom stereocenters. The molecule has 0 atom stereocenters. The number of anilines is 3. The van der Waals surface area contributed by atoms with E-state index in [1.54, 1.807) is 12.1 Å². The number of nitrogen functional groups attached to an aromatic ring is 1. The topological polar surface area (TPSA) is 67.2 Å². The minimum Gasteiger partial charge on any atom is -0.397 e. The van der Waals surface area contributed by atoms with Gasteiger partial charge in [-0.3, -0.25) is 4.79 Å². The summed E-state index contributed by atoms with van der Waals surface area (Å²) in [5, 5.41) is 6.30. The van der Waals surface area contributed by atoms with Crippen molar-refractivity contribution in [3.63, 3.8) is 0 Å². The first-order valence-corrected chi connectivity index (χ1v) is 7.57. The Hall–Kier alpha value is -2.49. The monoisotopic (exact) mass is 295 g/mol. The Morgan fingerprint density at radius 2 is 1.82 bits per heavy atom. The first-order chi connectivity index (χ1) is 10.5. The predicted molar refractivity (Wildman–Crippen MR) is 90.5 cm³/mol. The molecule has 1 aliphatic carbocycles. The lowest BCUT2D eigenvalue weighted by Gasteiger charge is -2.13. The molecule has 0 bridgehead atoms. The number of amides is 1. The fraction of sp³-hybridized carbons (Fsp3) is 0.278. The maximum absolute atomic E-state index is 12.0. The summed E-state index contributed by atoms with van der Waals surface area (Å²) in [6.07, 6.45) is 2.15. The highest BCUT2D eigenvalue weighted by Crippen LogP contribution is 2.27. The molecule has 0 spiro atoms. The highest BCUT2D eigenvalue weighted by molar-refractivity contribution is 5.96. The second kappa shape index (κ2) is 5.72. The average Bonchev–Trinajstić information content (AvgIpc) is 3.27. The van der Waals surface area contributed by atoms with Gasteiger partial charge in [0.1, 0.15) is 0 Å². The van der Waals surface area contributed by atoms with E-state index < -0.39 is 0 Å². The Labute approximate surface area is 130 Å². The van der Waals surface area contributed by atoms with Crippen LogP contribution in [0.5, 0.6) is 0 Å². The van der Waals surface area contributed by atoms with Crippen LogP contribution in [0, 0.1) is 13.8 Å². The Bertz CT molecular complexity index is 720. The summed E-state index contributed by atoms with van der Waals surface area (Å²) in [6, 6.07) is 12.0. The number of carbonyl (C=O) groups excluding carboxylic acids is 1. The minimum atomic E-state index is -0.0488. The van der Waals surface area contributed by atoms with Crippen molar-refractivity contribution in [2.75, 3.05) is 11.1 Å². The molecule has 4 heteroatoms. The number of nitrogens with one attached hydrogen (secondary N) is 2. The van der Waals surface area contributed by atoms with Gasteiger partial charge in [-0.15, -0.1) is 0 Å². The van der Waals surface area contributed by atoms with Crippen LogP contribution in [0.3, 0.4) is 0 Å². The molecule has 4 N–H and O–H groups in total. The molecule has 0 heterocycles. The number of hydrogen-bond donors (Lipinski definition) is 3. The van der Waals surface area contributed by atoms with Crippen molar-refractivity contribution in [2.45, 2.75) is 32.7 Å². The number of carbonyl (C=O) groups is 1. The average molecular weight is 295 g/mol. The molecule has 1 amide bonds. The van der Waals surface area contributed by atoms with Crippen molar-refractivity contribution < 1.29 is 4.79 Å². The van der Waals surface area contributed by atoms with E-state index in [-0.39, 0.29) is 5.91 Å². The highest BCUT2D eigenvalue weighted by atomic mass is 16.1. The van der Waals surface area contributed by atoms with Crippen LogP contribution in [0.4, 0.5) is 17.1 Å². The summed E-state index contributed by atoms with van der Waals surface area (Å²) in [4.78, 5) is 12.0. The van der Waals surface area contributed by atoms with Crippen molar-refractivity contribution in [3.05, 3.63) is 53.1 Å². The fourth-order valence-corrected chi connectivity index (χ4v) is 2.41. The molecule has 114 valence electrons. The zero-order valence-corrected chi connectivity index (χ0v) is 12.9. The lowest BCUT2D eigenvalue weighted by molar-refractivity contribution is 0.0951. The Morgan fingerprint density at radius 1 is 1.09 bits per heavy atom. The molecular weight excluding hydrogens is 274 g/mol. The van der Waals surface area contributed by atoms with E-state index in [1.165, 1.54) is 5.56 Å². The van der Waals surface area contributed by atoms with Gasteiger partial charge < -0.3 is 16.4 Å². The normalized spacial score (nSPS) is 13.7. The van der Waals surface area contributed by atoms with E-state index in [1.807, 2.05) is 12.1 Å². The van der Waals surface area contributed by atoms with Crippen LogP contribution >= 0.6 is 0 Å². The summed E-state index contributed by atoms with van der Waals surface area (Å²) in [5.41, 5.74) is 11.5. The summed E-state index contributed by atoms with van der Waals surface area (Å²) in [7, 11) is 0. The molecular formula is C18H21N3O. The Balaban J connectivity index is 1.78. The largest absolute Gasteiger partial charge is 0.397 e. The molecule has 4 nitrogen and oxygen atoms in total.